The third-order valence-corrected chi connectivity index (χ3v) is 2.15. The summed E-state index contributed by atoms with van der Waals surface area (Å²) in [5.41, 5.74) is -0.212. The molecule has 16 heavy (non-hydrogen) atoms. The van der Waals surface area contributed by atoms with Crippen molar-refractivity contribution in [3.05, 3.63) is 17.2 Å². The molecule has 1 rings (SSSR count). The minimum Gasteiger partial charge on any atom is -0.507 e. The SMILES string of the molecule is COc1c(C(C)=O)c(O)cc(O)c1C(C)=O. The molecule has 0 bridgehead atoms. The van der Waals surface area contributed by atoms with E-state index in [1.807, 2.05) is 0 Å². The maximum absolute atomic E-state index is 11.3. The van der Waals surface area contributed by atoms with Crippen LogP contribution in [0.1, 0.15) is 34.6 Å². The first-order valence-corrected chi connectivity index (χ1v) is 4.55. The van der Waals surface area contributed by atoms with Crippen LogP contribution in [0.5, 0.6) is 17.2 Å². The fraction of sp³-hybridized carbons (Fsp3) is 0.273. The standard InChI is InChI=1S/C11H12O5/c1-5(12)9-7(14)4-8(15)10(6(2)13)11(9)16-3/h4,14-15H,1-3H3. The van der Waals surface area contributed by atoms with Gasteiger partial charge < -0.3 is 14.9 Å². The topological polar surface area (TPSA) is 83.8 Å². The molecule has 0 saturated heterocycles. The van der Waals surface area contributed by atoms with Gasteiger partial charge in [0, 0.05) is 6.07 Å². The Balaban J connectivity index is 3.69. The van der Waals surface area contributed by atoms with Crippen molar-refractivity contribution in [2.75, 3.05) is 7.11 Å². The molecule has 1 aromatic rings. The number of carbonyl (C=O) groups is 2. The minimum absolute atomic E-state index is 0.0995. The van der Waals surface area contributed by atoms with Gasteiger partial charge in [0.25, 0.3) is 0 Å². The Bertz CT molecular complexity index is 424. The molecule has 0 aliphatic heterocycles. The molecule has 1 aromatic carbocycles. The molecule has 0 heterocycles. The van der Waals surface area contributed by atoms with Crippen molar-refractivity contribution in [3.63, 3.8) is 0 Å². The van der Waals surface area contributed by atoms with Crippen LogP contribution in [0.25, 0.3) is 0 Å². The average Bonchev–Trinajstić information content (AvgIpc) is 2.14. The lowest BCUT2D eigenvalue weighted by Gasteiger charge is -2.13. The van der Waals surface area contributed by atoms with Crippen LogP contribution in [0.4, 0.5) is 0 Å². The Hall–Kier alpha value is -2.04. The number of hydrogen-bond donors (Lipinski definition) is 2. The summed E-state index contributed by atoms with van der Waals surface area (Å²) in [5, 5.41) is 19.0. The van der Waals surface area contributed by atoms with E-state index in [0.717, 1.165) is 6.07 Å². The highest BCUT2D eigenvalue weighted by Crippen LogP contribution is 2.38. The number of phenolic OH excluding ortho intramolecular Hbond substituents is 2. The zero-order valence-corrected chi connectivity index (χ0v) is 9.20. The molecular weight excluding hydrogens is 212 g/mol. The minimum atomic E-state index is -0.447. The smallest absolute Gasteiger partial charge is 0.167 e. The number of hydrogen-bond acceptors (Lipinski definition) is 5. The van der Waals surface area contributed by atoms with Gasteiger partial charge in [-0.15, -0.1) is 0 Å². The zero-order valence-electron chi connectivity index (χ0n) is 9.20. The predicted molar refractivity (Wildman–Crippen MR) is 56.3 cm³/mol. The summed E-state index contributed by atoms with van der Waals surface area (Å²) in [4.78, 5) is 22.6. The second-order valence-corrected chi connectivity index (χ2v) is 3.31. The fourth-order valence-corrected chi connectivity index (χ4v) is 1.52. The van der Waals surface area contributed by atoms with Crippen molar-refractivity contribution >= 4 is 11.6 Å². The van der Waals surface area contributed by atoms with E-state index in [-0.39, 0.29) is 16.9 Å². The molecule has 0 aliphatic carbocycles. The molecule has 5 nitrogen and oxygen atoms in total. The quantitative estimate of drug-likeness (QED) is 0.760. The molecule has 86 valence electrons. The molecule has 5 heteroatoms. The normalized spacial score (nSPS) is 9.94. The van der Waals surface area contributed by atoms with E-state index in [4.69, 9.17) is 4.74 Å². The van der Waals surface area contributed by atoms with Crippen LogP contribution in [0.3, 0.4) is 0 Å². The summed E-state index contributed by atoms with van der Waals surface area (Å²) < 4.78 is 4.90. The average molecular weight is 224 g/mol. The lowest BCUT2D eigenvalue weighted by atomic mass is 10.0. The van der Waals surface area contributed by atoms with Gasteiger partial charge in [0.2, 0.25) is 0 Å². The number of phenols is 2. The number of carbonyl (C=O) groups excluding carboxylic acids is 2. The van der Waals surface area contributed by atoms with Crippen LogP contribution in [-0.2, 0) is 0 Å². The van der Waals surface area contributed by atoms with Crippen molar-refractivity contribution in [3.8, 4) is 17.2 Å². The molecule has 2 N–H and O–H groups in total. The lowest BCUT2D eigenvalue weighted by molar-refractivity contribution is 0.101. The van der Waals surface area contributed by atoms with E-state index in [0.29, 0.717) is 0 Å². The molecule has 0 amide bonds. The summed E-state index contributed by atoms with van der Waals surface area (Å²) in [6.45, 7) is 2.47. The molecule has 0 aromatic heterocycles. The first kappa shape index (κ1) is 12.0. The molecule has 0 fully saturated rings. The molecule has 0 atom stereocenters. The van der Waals surface area contributed by atoms with Crippen molar-refractivity contribution in [2.45, 2.75) is 13.8 Å². The van der Waals surface area contributed by atoms with Gasteiger partial charge in [-0.1, -0.05) is 0 Å². The third kappa shape index (κ3) is 1.84. The van der Waals surface area contributed by atoms with Crippen LogP contribution >= 0.6 is 0 Å². The maximum atomic E-state index is 11.3. The largest absolute Gasteiger partial charge is 0.507 e. The highest BCUT2D eigenvalue weighted by Gasteiger charge is 2.23. The van der Waals surface area contributed by atoms with E-state index < -0.39 is 23.1 Å². The Kier molecular flexibility index (Phi) is 3.17. The number of ketones is 2. The van der Waals surface area contributed by atoms with Gasteiger partial charge in [0.05, 0.1) is 7.11 Å². The van der Waals surface area contributed by atoms with Crippen LogP contribution in [0, 0.1) is 0 Å². The summed E-state index contributed by atoms with van der Waals surface area (Å²) >= 11 is 0. The van der Waals surface area contributed by atoms with Crippen molar-refractivity contribution in [1.82, 2.24) is 0 Å². The molecule has 0 spiro atoms. The number of benzene rings is 1. The zero-order chi connectivity index (χ0) is 12.5. The van der Waals surface area contributed by atoms with E-state index >= 15 is 0 Å². The third-order valence-electron chi connectivity index (χ3n) is 2.15. The fourth-order valence-electron chi connectivity index (χ4n) is 1.52. The Morgan fingerprint density at radius 1 is 1.06 bits per heavy atom. The van der Waals surface area contributed by atoms with E-state index in [1.54, 1.807) is 0 Å². The van der Waals surface area contributed by atoms with Gasteiger partial charge in [-0.3, -0.25) is 9.59 Å². The van der Waals surface area contributed by atoms with Crippen LogP contribution in [-0.4, -0.2) is 28.9 Å². The molecular formula is C11H12O5. The van der Waals surface area contributed by atoms with Crippen molar-refractivity contribution in [1.29, 1.82) is 0 Å². The first-order chi connectivity index (χ1) is 7.40. The molecule has 0 aliphatic rings. The van der Waals surface area contributed by atoms with Crippen molar-refractivity contribution < 1.29 is 24.5 Å². The Morgan fingerprint density at radius 3 is 1.69 bits per heavy atom. The van der Waals surface area contributed by atoms with Gasteiger partial charge in [-0.05, 0) is 13.8 Å². The van der Waals surface area contributed by atoms with Crippen LogP contribution < -0.4 is 4.74 Å². The Morgan fingerprint density at radius 2 is 1.44 bits per heavy atom. The van der Waals surface area contributed by atoms with Gasteiger partial charge in [-0.25, -0.2) is 0 Å². The second kappa shape index (κ2) is 4.22. The van der Waals surface area contributed by atoms with Gasteiger partial charge in [0.15, 0.2) is 11.6 Å². The van der Waals surface area contributed by atoms with Gasteiger partial charge >= 0.3 is 0 Å². The van der Waals surface area contributed by atoms with Gasteiger partial charge in [-0.2, -0.15) is 0 Å². The predicted octanol–water partition coefficient (Wildman–Crippen LogP) is 1.51. The number of ether oxygens (including phenoxy) is 1. The monoisotopic (exact) mass is 224 g/mol. The highest BCUT2D eigenvalue weighted by atomic mass is 16.5. The lowest BCUT2D eigenvalue weighted by Crippen LogP contribution is -2.05. The summed E-state index contributed by atoms with van der Waals surface area (Å²) in [6.07, 6.45) is 0. The van der Waals surface area contributed by atoms with Crippen molar-refractivity contribution in [2.24, 2.45) is 0 Å². The van der Waals surface area contributed by atoms with Crippen LogP contribution in [0.2, 0.25) is 0 Å². The molecule has 0 saturated carbocycles. The molecule has 0 unspecified atom stereocenters. The van der Waals surface area contributed by atoms with E-state index in [2.05, 4.69) is 0 Å². The Labute approximate surface area is 92.3 Å². The number of aromatic hydroxyl groups is 2. The van der Waals surface area contributed by atoms with Gasteiger partial charge in [0.1, 0.15) is 28.4 Å². The first-order valence-electron chi connectivity index (χ1n) is 4.55. The number of methoxy groups -OCH3 is 1. The number of rotatable bonds is 3. The van der Waals surface area contributed by atoms with E-state index in [9.17, 15) is 19.8 Å². The van der Waals surface area contributed by atoms with E-state index in [1.165, 1.54) is 21.0 Å². The maximum Gasteiger partial charge on any atom is 0.167 e. The second-order valence-electron chi connectivity index (χ2n) is 3.31. The summed E-state index contributed by atoms with van der Waals surface area (Å²) in [7, 11) is 1.26. The summed E-state index contributed by atoms with van der Waals surface area (Å²) in [5.74, 6) is -1.81. The molecule has 0 radical (unpaired) electrons. The number of Topliss-reactive ketones (excluding diaryl/α,β-unsaturated/α-hetero) is 2. The highest BCUT2D eigenvalue weighted by molar-refractivity contribution is 6.07. The van der Waals surface area contributed by atoms with Crippen LogP contribution in [0.15, 0.2) is 6.07 Å². The summed E-state index contributed by atoms with van der Waals surface area (Å²) in [6, 6.07) is 0.954.